The smallest absolute Gasteiger partial charge is 0.307 e. The Morgan fingerprint density at radius 3 is 1.25 bits per heavy atom. The molecule has 0 saturated carbocycles. The minimum absolute atomic E-state index is 0.138. The van der Waals surface area contributed by atoms with Gasteiger partial charge in [0, 0.05) is 6.42 Å². The second-order valence-corrected chi connectivity index (χ2v) is 8.55. The molecule has 0 bridgehead atoms. The van der Waals surface area contributed by atoms with Crippen LogP contribution in [0.2, 0.25) is 0 Å². The lowest BCUT2D eigenvalue weighted by molar-refractivity contribution is -0.149. The van der Waals surface area contributed by atoms with E-state index in [2.05, 4.69) is 6.92 Å². The van der Waals surface area contributed by atoms with Crippen molar-refractivity contribution in [2.45, 2.75) is 155 Å². The van der Waals surface area contributed by atoms with Gasteiger partial charge in [-0.3, -0.25) is 10.5 Å². The van der Waals surface area contributed by atoms with E-state index in [1.807, 2.05) is 6.92 Å². The Kier molecular flexibility index (Phi) is 22.3. The van der Waals surface area contributed by atoms with Crippen molar-refractivity contribution in [2.75, 3.05) is 0 Å². The summed E-state index contributed by atoms with van der Waals surface area (Å²) in [6, 6.07) is 0. The monoisotopic (exact) mass is 397 g/mol. The third-order valence-corrected chi connectivity index (χ3v) is 5.67. The highest BCUT2D eigenvalue weighted by Crippen LogP contribution is 2.15. The Morgan fingerprint density at radius 2 is 0.929 bits per heavy atom. The molecule has 0 saturated heterocycles. The number of esters is 1. The van der Waals surface area contributed by atoms with E-state index < -0.39 is 6.23 Å². The molecule has 0 fully saturated rings. The molecule has 28 heavy (non-hydrogen) atoms. The average Bonchev–Trinajstić information content (AvgIpc) is 2.69. The van der Waals surface area contributed by atoms with Gasteiger partial charge in [0.05, 0.1) is 0 Å². The zero-order valence-corrected chi connectivity index (χ0v) is 19.3. The number of nitrogens with two attached hydrogens (primary N) is 1. The van der Waals surface area contributed by atoms with E-state index in [0.29, 0.717) is 12.8 Å². The van der Waals surface area contributed by atoms with Crippen LogP contribution in [-0.4, -0.2) is 12.2 Å². The summed E-state index contributed by atoms with van der Waals surface area (Å²) < 4.78 is 5.08. The second kappa shape index (κ2) is 22.7. The van der Waals surface area contributed by atoms with E-state index >= 15 is 0 Å². The number of ether oxygens (including phenoxy) is 1. The van der Waals surface area contributed by atoms with Gasteiger partial charge in [-0.25, -0.2) is 0 Å². The third-order valence-electron chi connectivity index (χ3n) is 5.67. The summed E-state index contributed by atoms with van der Waals surface area (Å²) in [4.78, 5) is 11.5. The quantitative estimate of drug-likeness (QED) is 0.114. The fraction of sp³-hybridized carbons (Fsp3) is 0.960. The fourth-order valence-electron chi connectivity index (χ4n) is 3.66. The van der Waals surface area contributed by atoms with Crippen molar-refractivity contribution in [2.24, 2.45) is 5.73 Å². The predicted molar refractivity (Wildman–Crippen MR) is 122 cm³/mol. The fourth-order valence-corrected chi connectivity index (χ4v) is 3.66. The van der Waals surface area contributed by atoms with Crippen LogP contribution in [-0.2, 0) is 9.53 Å². The summed E-state index contributed by atoms with van der Waals surface area (Å²) in [5.74, 6) is -0.138. The maximum Gasteiger partial charge on any atom is 0.307 e. The van der Waals surface area contributed by atoms with Gasteiger partial charge in [-0.2, -0.15) is 0 Å². The van der Waals surface area contributed by atoms with E-state index in [1.165, 1.54) is 109 Å². The lowest BCUT2D eigenvalue weighted by atomic mass is 10.0. The SMILES string of the molecule is CCCCCCCCCCCCCCCCCCCCCC(=O)OC(N)CC. The third kappa shape index (κ3) is 21.7. The van der Waals surface area contributed by atoms with E-state index in [0.717, 1.165) is 12.8 Å². The van der Waals surface area contributed by atoms with Gasteiger partial charge in [0.25, 0.3) is 0 Å². The molecule has 1 unspecified atom stereocenters. The highest BCUT2D eigenvalue weighted by atomic mass is 16.6. The van der Waals surface area contributed by atoms with Crippen LogP contribution in [0.3, 0.4) is 0 Å². The number of unbranched alkanes of at least 4 members (excludes halogenated alkanes) is 18. The summed E-state index contributed by atoms with van der Waals surface area (Å²) in [6.45, 7) is 4.21. The van der Waals surface area contributed by atoms with Gasteiger partial charge >= 0.3 is 5.97 Å². The molecule has 0 spiro atoms. The van der Waals surface area contributed by atoms with Gasteiger partial charge in [0.2, 0.25) is 0 Å². The van der Waals surface area contributed by atoms with Crippen LogP contribution in [0.25, 0.3) is 0 Å². The van der Waals surface area contributed by atoms with Crippen molar-refractivity contribution in [1.29, 1.82) is 0 Å². The summed E-state index contributed by atoms with van der Waals surface area (Å²) >= 11 is 0. The van der Waals surface area contributed by atoms with E-state index in [1.54, 1.807) is 0 Å². The first-order chi connectivity index (χ1) is 13.7. The van der Waals surface area contributed by atoms with Crippen LogP contribution in [0.15, 0.2) is 0 Å². The highest BCUT2D eigenvalue weighted by Gasteiger charge is 2.07. The second-order valence-electron chi connectivity index (χ2n) is 8.55. The molecule has 0 aromatic heterocycles. The van der Waals surface area contributed by atoms with Crippen LogP contribution in [0.1, 0.15) is 149 Å². The summed E-state index contributed by atoms with van der Waals surface area (Å²) in [7, 11) is 0. The maximum atomic E-state index is 11.5. The zero-order chi connectivity index (χ0) is 20.7. The largest absolute Gasteiger partial charge is 0.447 e. The van der Waals surface area contributed by atoms with Crippen LogP contribution < -0.4 is 5.73 Å². The van der Waals surface area contributed by atoms with Crippen molar-refractivity contribution >= 4 is 5.97 Å². The van der Waals surface area contributed by atoms with Gasteiger partial charge in [0.15, 0.2) is 6.23 Å². The van der Waals surface area contributed by atoms with Gasteiger partial charge in [0.1, 0.15) is 0 Å². The Morgan fingerprint density at radius 1 is 0.607 bits per heavy atom. The first-order valence-electron chi connectivity index (χ1n) is 12.7. The number of hydrogen-bond donors (Lipinski definition) is 1. The number of carbonyl (C=O) groups excluding carboxylic acids is 1. The molecule has 0 aromatic rings. The van der Waals surface area contributed by atoms with Crippen LogP contribution in [0, 0.1) is 0 Å². The van der Waals surface area contributed by atoms with E-state index in [-0.39, 0.29) is 5.97 Å². The van der Waals surface area contributed by atoms with E-state index in [4.69, 9.17) is 10.5 Å². The molecule has 168 valence electrons. The number of rotatable bonds is 22. The lowest BCUT2D eigenvalue weighted by Gasteiger charge is -2.10. The minimum atomic E-state index is -0.423. The van der Waals surface area contributed by atoms with Crippen LogP contribution in [0.4, 0.5) is 0 Å². The molecule has 0 aliphatic rings. The van der Waals surface area contributed by atoms with Crippen molar-refractivity contribution in [3.8, 4) is 0 Å². The summed E-state index contributed by atoms with van der Waals surface area (Å²) in [6.07, 6.45) is 26.8. The van der Waals surface area contributed by atoms with Crippen molar-refractivity contribution in [3.63, 3.8) is 0 Å². The molecule has 0 heterocycles. The van der Waals surface area contributed by atoms with Gasteiger partial charge in [-0.05, 0) is 12.8 Å². The molecular formula is C25H51NO2. The van der Waals surface area contributed by atoms with Crippen LogP contribution >= 0.6 is 0 Å². The Balaban J connectivity index is 3.09. The first kappa shape index (κ1) is 27.4. The summed E-state index contributed by atoms with van der Waals surface area (Å²) in [5.41, 5.74) is 5.61. The normalized spacial score (nSPS) is 12.2. The number of hydrogen-bond acceptors (Lipinski definition) is 3. The standard InChI is InChI=1S/C25H51NO2/c1-3-5-6-7-8-9-10-11-12-13-14-15-16-17-18-19-20-21-22-23-25(27)28-24(26)4-2/h24H,3-23,26H2,1-2H3. The van der Waals surface area contributed by atoms with Gasteiger partial charge in [-0.1, -0.05) is 129 Å². The molecular weight excluding hydrogens is 346 g/mol. The van der Waals surface area contributed by atoms with Gasteiger partial charge in [-0.15, -0.1) is 0 Å². The molecule has 0 aliphatic heterocycles. The van der Waals surface area contributed by atoms with Gasteiger partial charge < -0.3 is 4.74 Å². The van der Waals surface area contributed by atoms with Crippen molar-refractivity contribution < 1.29 is 9.53 Å². The van der Waals surface area contributed by atoms with Crippen molar-refractivity contribution in [1.82, 2.24) is 0 Å². The maximum absolute atomic E-state index is 11.5. The molecule has 3 nitrogen and oxygen atoms in total. The Hall–Kier alpha value is -0.570. The lowest BCUT2D eigenvalue weighted by Crippen LogP contribution is -2.25. The zero-order valence-electron chi connectivity index (χ0n) is 19.3. The Bertz CT molecular complexity index is 320. The minimum Gasteiger partial charge on any atom is -0.447 e. The predicted octanol–water partition coefficient (Wildman–Crippen LogP) is 8.05. The average molecular weight is 398 g/mol. The molecule has 0 aliphatic carbocycles. The van der Waals surface area contributed by atoms with Crippen molar-refractivity contribution in [3.05, 3.63) is 0 Å². The molecule has 0 amide bonds. The molecule has 1 atom stereocenters. The topological polar surface area (TPSA) is 52.3 Å². The first-order valence-corrected chi connectivity index (χ1v) is 12.7. The molecule has 3 heteroatoms. The molecule has 2 N–H and O–H groups in total. The summed E-state index contributed by atoms with van der Waals surface area (Å²) in [5, 5.41) is 0. The van der Waals surface area contributed by atoms with Crippen LogP contribution in [0.5, 0.6) is 0 Å². The molecule has 0 aromatic carbocycles. The molecule has 0 rings (SSSR count). The highest BCUT2D eigenvalue weighted by molar-refractivity contribution is 5.69. The Labute approximate surface area is 176 Å². The number of carbonyl (C=O) groups is 1. The van der Waals surface area contributed by atoms with E-state index in [9.17, 15) is 4.79 Å². The molecule has 0 radical (unpaired) electrons.